The van der Waals surface area contributed by atoms with Crippen LogP contribution in [0.25, 0.3) is 0 Å². The topological polar surface area (TPSA) is 45.2 Å². The SMILES string of the molecule is C=C(Nc1ccc(C(F)(F)F)cn1)C1CCCN(C(=O)C2CCC(F)(F)CC2)C1. The number of alkyl halides is 5. The van der Waals surface area contributed by atoms with Gasteiger partial charge in [-0.1, -0.05) is 6.58 Å². The third-order valence-corrected chi connectivity index (χ3v) is 5.67. The van der Waals surface area contributed by atoms with Crippen LogP contribution in [0.3, 0.4) is 0 Å². The molecule has 0 spiro atoms. The number of carbonyl (C=O) groups is 1. The van der Waals surface area contributed by atoms with E-state index < -0.39 is 17.7 Å². The van der Waals surface area contributed by atoms with Gasteiger partial charge in [0.2, 0.25) is 11.8 Å². The summed E-state index contributed by atoms with van der Waals surface area (Å²) in [5.41, 5.74) is -0.258. The third kappa shape index (κ3) is 5.45. The molecule has 2 heterocycles. The number of nitrogens with zero attached hydrogens (tertiary/aromatic N) is 2. The molecular weight excluding hydrogens is 393 g/mol. The summed E-state index contributed by atoms with van der Waals surface area (Å²) in [5, 5.41) is 2.93. The molecule has 1 aromatic heterocycles. The molecule has 9 heteroatoms. The number of rotatable bonds is 4. The van der Waals surface area contributed by atoms with Crippen molar-refractivity contribution in [3.05, 3.63) is 36.2 Å². The first-order chi connectivity index (χ1) is 13.5. The first-order valence-electron chi connectivity index (χ1n) is 9.71. The van der Waals surface area contributed by atoms with Crippen LogP contribution in [0.15, 0.2) is 30.6 Å². The van der Waals surface area contributed by atoms with Gasteiger partial charge in [0.1, 0.15) is 5.82 Å². The quantitative estimate of drug-likeness (QED) is 0.694. The van der Waals surface area contributed by atoms with Crippen LogP contribution in [0.5, 0.6) is 0 Å². The second-order valence-electron chi connectivity index (χ2n) is 7.83. The van der Waals surface area contributed by atoms with E-state index >= 15 is 0 Å². The zero-order valence-electron chi connectivity index (χ0n) is 15.9. The van der Waals surface area contributed by atoms with Crippen LogP contribution in [-0.2, 0) is 11.0 Å². The summed E-state index contributed by atoms with van der Waals surface area (Å²) in [6.45, 7) is 4.95. The van der Waals surface area contributed by atoms with E-state index in [0.29, 0.717) is 18.8 Å². The molecule has 4 nitrogen and oxygen atoms in total. The number of likely N-dealkylation sites (tertiary alicyclic amines) is 1. The van der Waals surface area contributed by atoms with Gasteiger partial charge in [0.15, 0.2) is 0 Å². The zero-order valence-corrected chi connectivity index (χ0v) is 15.9. The zero-order chi connectivity index (χ0) is 21.2. The van der Waals surface area contributed by atoms with Crippen LogP contribution in [0.4, 0.5) is 27.8 Å². The molecule has 29 heavy (non-hydrogen) atoms. The minimum absolute atomic E-state index is 0.0816. The molecule has 3 rings (SSSR count). The summed E-state index contributed by atoms with van der Waals surface area (Å²) in [5.74, 6) is -2.96. The van der Waals surface area contributed by atoms with Crippen LogP contribution in [-0.4, -0.2) is 34.8 Å². The summed E-state index contributed by atoms with van der Waals surface area (Å²) in [6, 6.07) is 2.18. The minimum atomic E-state index is -4.45. The number of hydrogen-bond donors (Lipinski definition) is 1. The Morgan fingerprint density at radius 3 is 2.45 bits per heavy atom. The highest BCUT2D eigenvalue weighted by Crippen LogP contribution is 2.37. The molecule has 2 aliphatic rings. The molecule has 160 valence electrons. The van der Waals surface area contributed by atoms with E-state index in [2.05, 4.69) is 16.9 Å². The smallest absolute Gasteiger partial charge is 0.344 e. The van der Waals surface area contributed by atoms with Crippen molar-refractivity contribution < 1.29 is 26.7 Å². The van der Waals surface area contributed by atoms with Gasteiger partial charge in [-0.2, -0.15) is 13.2 Å². The van der Waals surface area contributed by atoms with Crippen LogP contribution in [0, 0.1) is 11.8 Å². The highest BCUT2D eigenvalue weighted by atomic mass is 19.4. The lowest BCUT2D eigenvalue weighted by Gasteiger charge is -2.37. The van der Waals surface area contributed by atoms with Crippen molar-refractivity contribution in [2.45, 2.75) is 50.6 Å². The van der Waals surface area contributed by atoms with Crippen molar-refractivity contribution in [3.63, 3.8) is 0 Å². The molecule has 0 bridgehead atoms. The summed E-state index contributed by atoms with van der Waals surface area (Å²) < 4.78 is 64.6. The van der Waals surface area contributed by atoms with Gasteiger partial charge in [-0.3, -0.25) is 4.79 Å². The molecule has 1 unspecified atom stereocenters. The van der Waals surface area contributed by atoms with Crippen LogP contribution >= 0.6 is 0 Å². The van der Waals surface area contributed by atoms with Crippen molar-refractivity contribution in [2.75, 3.05) is 18.4 Å². The summed E-state index contributed by atoms with van der Waals surface area (Å²) >= 11 is 0. The monoisotopic (exact) mass is 417 g/mol. The molecule has 2 fully saturated rings. The second-order valence-corrected chi connectivity index (χ2v) is 7.83. The highest BCUT2D eigenvalue weighted by molar-refractivity contribution is 5.79. The fraction of sp³-hybridized carbons (Fsp3) is 0.600. The Labute approximate surface area is 166 Å². The van der Waals surface area contributed by atoms with E-state index in [1.54, 1.807) is 4.90 Å². The van der Waals surface area contributed by atoms with Gasteiger partial charge in [-0.15, -0.1) is 0 Å². The Balaban J connectivity index is 1.56. The van der Waals surface area contributed by atoms with Gasteiger partial charge in [-0.25, -0.2) is 13.8 Å². The Morgan fingerprint density at radius 1 is 1.17 bits per heavy atom. The Hall–Kier alpha value is -2.19. The van der Waals surface area contributed by atoms with E-state index in [1.807, 2.05) is 0 Å². The van der Waals surface area contributed by atoms with Crippen molar-refractivity contribution in [1.29, 1.82) is 0 Å². The van der Waals surface area contributed by atoms with Crippen LogP contribution < -0.4 is 5.32 Å². The van der Waals surface area contributed by atoms with Crippen LogP contribution in [0.2, 0.25) is 0 Å². The first kappa shape index (κ1) is 21.5. The number of nitrogens with one attached hydrogen (secondary N) is 1. The second kappa shape index (κ2) is 8.28. The fourth-order valence-electron chi connectivity index (χ4n) is 3.91. The van der Waals surface area contributed by atoms with E-state index in [0.717, 1.165) is 25.1 Å². The van der Waals surface area contributed by atoms with Crippen molar-refractivity contribution >= 4 is 11.7 Å². The number of halogens is 5. The van der Waals surface area contributed by atoms with Gasteiger partial charge in [0.05, 0.1) is 5.56 Å². The lowest BCUT2D eigenvalue weighted by atomic mass is 9.85. The van der Waals surface area contributed by atoms with Crippen LogP contribution in [0.1, 0.15) is 44.1 Å². The molecule has 1 aliphatic carbocycles. The van der Waals surface area contributed by atoms with Crippen molar-refractivity contribution in [1.82, 2.24) is 9.88 Å². The molecule has 0 aromatic carbocycles. The number of pyridine rings is 1. The number of carbonyl (C=O) groups excluding carboxylic acids is 1. The van der Waals surface area contributed by atoms with Crippen molar-refractivity contribution in [3.8, 4) is 0 Å². The maximum atomic E-state index is 13.3. The number of aromatic nitrogens is 1. The molecule has 1 saturated heterocycles. The van der Waals surface area contributed by atoms with E-state index in [-0.39, 0.29) is 49.2 Å². The Morgan fingerprint density at radius 2 is 1.86 bits per heavy atom. The number of piperidine rings is 1. The molecule has 1 N–H and O–H groups in total. The van der Waals surface area contributed by atoms with E-state index in [4.69, 9.17) is 0 Å². The molecule has 1 aromatic rings. The van der Waals surface area contributed by atoms with Gasteiger partial charge >= 0.3 is 6.18 Å². The van der Waals surface area contributed by atoms with Crippen molar-refractivity contribution in [2.24, 2.45) is 11.8 Å². The number of hydrogen-bond acceptors (Lipinski definition) is 3. The summed E-state index contributed by atoms with van der Waals surface area (Å²) in [4.78, 5) is 18.2. The standard InChI is InChI=1S/C20H24F5N3O/c1-13(27-17-5-4-16(11-26-17)20(23,24)25)15-3-2-10-28(12-15)18(29)14-6-8-19(21,22)9-7-14/h4-5,11,14-15H,1-3,6-10,12H2,(H,26,27). The Bertz CT molecular complexity index is 737. The lowest BCUT2D eigenvalue weighted by Crippen LogP contribution is -2.45. The van der Waals surface area contributed by atoms with Gasteiger partial charge in [0, 0.05) is 49.7 Å². The lowest BCUT2D eigenvalue weighted by molar-refractivity contribution is -0.141. The summed E-state index contributed by atoms with van der Waals surface area (Å²) in [7, 11) is 0. The predicted octanol–water partition coefficient (Wildman–Crippen LogP) is 5.09. The molecular formula is C20H24F5N3O. The van der Waals surface area contributed by atoms with E-state index in [1.165, 1.54) is 6.07 Å². The largest absolute Gasteiger partial charge is 0.417 e. The number of amides is 1. The molecule has 1 aliphatic heterocycles. The summed E-state index contributed by atoms with van der Waals surface area (Å²) in [6.07, 6.45) is -2.28. The average molecular weight is 417 g/mol. The average Bonchev–Trinajstić information content (AvgIpc) is 2.67. The molecule has 1 amide bonds. The Kier molecular flexibility index (Phi) is 6.14. The highest BCUT2D eigenvalue weighted by Gasteiger charge is 2.39. The van der Waals surface area contributed by atoms with Gasteiger partial charge in [-0.05, 0) is 37.8 Å². The first-order valence-corrected chi connectivity index (χ1v) is 9.71. The number of anilines is 1. The maximum absolute atomic E-state index is 13.3. The third-order valence-electron chi connectivity index (χ3n) is 5.67. The molecule has 0 radical (unpaired) electrons. The predicted molar refractivity (Wildman–Crippen MR) is 98.2 cm³/mol. The molecule has 1 saturated carbocycles. The normalized spacial score (nSPS) is 22.9. The van der Waals surface area contributed by atoms with Gasteiger partial charge < -0.3 is 10.2 Å². The molecule has 1 atom stereocenters. The minimum Gasteiger partial charge on any atom is -0.344 e. The van der Waals surface area contributed by atoms with Gasteiger partial charge in [0.25, 0.3) is 0 Å². The fourth-order valence-corrected chi connectivity index (χ4v) is 3.91. The van der Waals surface area contributed by atoms with E-state index in [9.17, 15) is 26.7 Å². The maximum Gasteiger partial charge on any atom is 0.417 e.